The molecule has 2 aromatic carbocycles. The lowest BCUT2D eigenvalue weighted by Crippen LogP contribution is -2.25. The fraction of sp³-hybridized carbons (Fsp3) is 0.263. The Morgan fingerprint density at radius 2 is 1.84 bits per heavy atom. The van der Waals surface area contributed by atoms with E-state index in [0.717, 1.165) is 6.42 Å². The molecule has 5 nitrogen and oxygen atoms in total. The zero-order valence-corrected chi connectivity index (χ0v) is 15.0. The van der Waals surface area contributed by atoms with Gasteiger partial charge in [0.2, 0.25) is 0 Å². The molecule has 0 radical (unpaired) electrons. The zero-order chi connectivity index (χ0) is 18.2. The van der Waals surface area contributed by atoms with Crippen molar-refractivity contribution < 1.29 is 14.3 Å². The first kappa shape index (κ1) is 18.8. The van der Waals surface area contributed by atoms with Crippen LogP contribution in [0.3, 0.4) is 0 Å². The molecule has 0 aliphatic rings. The molecule has 0 unspecified atom stereocenters. The number of anilines is 1. The molecule has 0 atom stereocenters. The molecule has 0 fully saturated rings. The Morgan fingerprint density at radius 1 is 1.08 bits per heavy atom. The topological polar surface area (TPSA) is 67.4 Å². The molecule has 0 aliphatic carbocycles. The summed E-state index contributed by atoms with van der Waals surface area (Å²) in [6.45, 7) is 4.90. The minimum Gasteiger partial charge on any atom is -0.492 e. The van der Waals surface area contributed by atoms with E-state index in [-0.39, 0.29) is 11.8 Å². The fourth-order valence-electron chi connectivity index (χ4n) is 2.23. The van der Waals surface area contributed by atoms with Gasteiger partial charge in [-0.1, -0.05) is 30.7 Å². The van der Waals surface area contributed by atoms with Crippen LogP contribution in [0, 0.1) is 0 Å². The van der Waals surface area contributed by atoms with E-state index in [0.29, 0.717) is 40.7 Å². The molecule has 2 aromatic rings. The molecule has 6 heteroatoms. The molecule has 0 heterocycles. The number of carbonyl (C=O) groups is 2. The van der Waals surface area contributed by atoms with E-state index in [9.17, 15) is 9.59 Å². The Labute approximate surface area is 152 Å². The molecular weight excluding hydrogens is 340 g/mol. The molecular formula is C19H21ClN2O3. The molecule has 2 amide bonds. The molecule has 0 spiro atoms. The number of hydrogen-bond acceptors (Lipinski definition) is 3. The quantitative estimate of drug-likeness (QED) is 0.780. The van der Waals surface area contributed by atoms with Crippen LogP contribution >= 0.6 is 11.6 Å². The van der Waals surface area contributed by atoms with Crippen molar-refractivity contribution in [3.63, 3.8) is 0 Å². The maximum absolute atomic E-state index is 12.5. The lowest BCUT2D eigenvalue weighted by atomic mass is 10.1. The second-order valence-corrected chi connectivity index (χ2v) is 5.74. The van der Waals surface area contributed by atoms with Crippen molar-refractivity contribution in [2.45, 2.75) is 20.3 Å². The summed E-state index contributed by atoms with van der Waals surface area (Å²) < 4.78 is 5.36. The largest absolute Gasteiger partial charge is 0.492 e. The normalized spacial score (nSPS) is 10.2. The Balaban J connectivity index is 2.18. The van der Waals surface area contributed by atoms with Crippen LogP contribution < -0.4 is 15.4 Å². The van der Waals surface area contributed by atoms with Crippen molar-refractivity contribution in [3.8, 4) is 5.75 Å². The summed E-state index contributed by atoms with van der Waals surface area (Å²) in [6, 6.07) is 11.7. The monoisotopic (exact) mass is 360 g/mol. The van der Waals surface area contributed by atoms with E-state index in [1.165, 1.54) is 0 Å². The molecule has 0 bridgehead atoms. The van der Waals surface area contributed by atoms with Crippen molar-refractivity contribution in [3.05, 3.63) is 58.6 Å². The van der Waals surface area contributed by atoms with Crippen LogP contribution in [0.25, 0.3) is 0 Å². The van der Waals surface area contributed by atoms with Gasteiger partial charge in [0.25, 0.3) is 11.8 Å². The lowest BCUT2D eigenvalue weighted by molar-refractivity contribution is 0.0954. The van der Waals surface area contributed by atoms with Crippen LogP contribution in [0.1, 0.15) is 41.0 Å². The zero-order valence-electron chi connectivity index (χ0n) is 14.3. The summed E-state index contributed by atoms with van der Waals surface area (Å²) in [5.74, 6) is -0.0387. The van der Waals surface area contributed by atoms with Gasteiger partial charge in [0.15, 0.2) is 0 Å². The first-order chi connectivity index (χ1) is 12.1. The SMILES string of the molecule is CCCNC(=O)c1ccccc1NC(=O)c1ccc(OCC)c(Cl)c1. The molecule has 0 saturated carbocycles. The molecule has 2 rings (SSSR count). The van der Waals surface area contributed by atoms with Gasteiger partial charge < -0.3 is 15.4 Å². The van der Waals surface area contributed by atoms with Gasteiger partial charge in [0.1, 0.15) is 5.75 Å². The summed E-state index contributed by atoms with van der Waals surface area (Å²) in [5.41, 5.74) is 1.25. The van der Waals surface area contributed by atoms with Crippen LogP contribution in [-0.4, -0.2) is 25.0 Å². The van der Waals surface area contributed by atoms with E-state index < -0.39 is 0 Å². The van der Waals surface area contributed by atoms with Crippen molar-refractivity contribution in [1.29, 1.82) is 0 Å². The predicted octanol–water partition coefficient (Wildman–Crippen LogP) is 4.13. The van der Waals surface area contributed by atoms with Gasteiger partial charge in [-0.25, -0.2) is 0 Å². The Kier molecular flexibility index (Phi) is 6.83. The first-order valence-electron chi connectivity index (χ1n) is 8.17. The molecule has 0 aliphatic heterocycles. The average molecular weight is 361 g/mol. The minimum absolute atomic E-state index is 0.220. The van der Waals surface area contributed by atoms with Gasteiger partial charge in [0, 0.05) is 12.1 Å². The van der Waals surface area contributed by atoms with Gasteiger partial charge >= 0.3 is 0 Å². The number of hydrogen-bond donors (Lipinski definition) is 2. The van der Waals surface area contributed by atoms with E-state index >= 15 is 0 Å². The van der Waals surface area contributed by atoms with Gasteiger partial charge in [-0.3, -0.25) is 9.59 Å². The number of benzene rings is 2. The molecule has 0 aromatic heterocycles. The van der Waals surface area contributed by atoms with Crippen LogP contribution in [0.15, 0.2) is 42.5 Å². The first-order valence-corrected chi connectivity index (χ1v) is 8.55. The number of carbonyl (C=O) groups excluding carboxylic acids is 2. The highest BCUT2D eigenvalue weighted by Crippen LogP contribution is 2.26. The second kappa shape index (κ2) is 9.08. The Bertz CT molecular complexity index is 762. The van der Waals surface area contributed by atoms with E-state index in [1.54, 1.807) is 42.5 Å². The number of halogens is 1. The summed E-state index contributed by atoms with van der Waals surface area (Å²) in [7, 11) is 0. The Morgan fingerprint density at radius 3 is 2.52 bits per heavy atom. The van der Waals surface area contributed by atoms with Gasteiger partial charge in [-0.15, -0.1) is 0 Å². The van der Waals surface area contributed by atoms with Crippen LogP contribution in [0.5, 0.6) is 5.75 Å². The third-order valence-electron chi connectivity index (χ3n) is 3.45. The lowest BCUT2D eigenvalue weighted by Gasteiger charge is -2.12. The van der Waals surface area contributed by atoms with Gasteiger partial charge in [0.05, 0.1) is 22.9 Å². The summed E-state index contributed by atoms with van der Waals surface area (Å²) in [4.78, 5) is 24.7. The van der Waals surface area contributed by atoms with Gasteiger partial charge in [-0.2, -0.15) is 0 Å². The number of rotatable bonds is 7. The molecule has 2 N–H and O–H groups in total. The summed E-state index contributed by atoms with van der Waals surface area (Å²) in [6.07, 6.45) is 0.838. The van der Waals surface area contributed by atoms with Crippen LogP contribution in [0.4, 0.5) is 5.69 Å². The predicted molar refractivity (Wildman–Crippen MR) is 99.6 cm³/mol. The summed E-state index contributed by atoms with van der Waals surface area (Å²) in [5, 5.41) is 5.93. The third-order valence-corrected chi connectivity index (χ3v) is 3.74. The van der Waals surface area contributed by atoms with Crippen molar-refractivity contribution in [1.82, 2.24) is 5.32 Å². The third kappa shape index (κ3) is 4.97. The minimum atomic E-state index is -0.347. The Hall–Kier alpha value is -2.53. The maximum atomic E-state index is 12.5. The number of para-hydroxylation sites is 1. The van der Waals surface area contributed by atoms with Crippen molar-refractivity contribution in [2.24, 2.45) is 0 Å². The van der Waals surface area contributed by atoms with E-state index in [1.807, 2.05) is 13.8 Å². The number of amides is 2. The second-order valence-electron chi connectivity index (χ2n) is 5.33. The van der Waals surface area contributed by atoms with Gasteiger partial charge in [-0.05, 0) is 43.7 Å². The van der Waals surface area contributed by atoms with E-state index in [2.05, 4.69) is 10.6 Å². The fourth-order valence-corrected chi connectivity index (χ4v) is 2.47. The smallest absolute Gasteiger partial charge is 0.255 e. The van der Waals surface area contributed by atoms with E-state index in [4.69, 9.17) is 16.3 Å². The van der Waals surface area contributed by atoms with Crippen LogP contribution in [-0.2, 0) is 0 Å². The number of nitrogens with one attached hydrogen (secondary N) is 2. The number of ether oxygens (including phenoxy) is 1. The van der Waals surface area contributed by atoms with Crippen molar-refractivity contribution >= 4 is 29.1 Å². The highest BCUT2D eigenvalue weighted by atomic mass is 35.5. The van der Waals surface area contributed by atoms with Crippen molar-refractivity contribution in [2.75, 3.05) is 18.5 Å². The summed E-state index contributed by atoms with van der Waals surface area (Å²) >= 11 is 6.13. The molecule has 0 saturated heterocycles. The van der Waals surface area contributed by atoms with Crippen LogP contribution in [0.2, 0.25) is 5.02 Å². The standard InChI is InChI=1S/C19H21ClN2O3/c1-3-11-21-19(24)14-7-5-6-8-16(14)22-18(23)13-9-10-17(25-4-2)15(20)12-13/h5-10,12H,3-4,11H2,1-2H3,(H,21,24)(H,22,23). The highest BCUT2D eigenvalue weighted by Gasteiger charge is 2.14. The highest BCUT2D eigenvalue weighted by molar-refractivity contribution is 6.32. The maximum Gasteiger partial charge on any atom is 0.255 e. The average Bonchev–Trinajstić information content (AvgIpc) is 2.62. The molecule has 25 heavy (non-hydrogen) atoms. The molecule has 132 valence electrons.